The van der Waals surface area contributed by atoms with E-state index in [2.05, 4.69) is 6.92 Å². The van der Waals surface area contributed by atoms with Gasteiger partial charge in [-0.25, -0.2) is 16.8 Å². The summed E-state index contributed by atoms with van der Waals surface area (Å²) in [6.45, 7) is 2.16. The molecule has 1 aliphatic rings. The fraction of sp³-hybridized carbons (Fsp3) is 0.952. The van der Waals surface area contributed by atoms with Crippen LogP contribution >= 0.6 is 0 Å². The van der Waals surface area contributed by atoms with E-state index in [1.165, 1.54) is 32.1 Å². The Balaban J connectivity index is 2.48. The van der Waals surface area contributed by atoms with E-state index in [9.17, 15) is 48.0 Å². The van der Waals surface area contributed by atoms with E-state index < -0.39 is 59.3 Å². The van der Waals surface area contributed by atoms with Crippen molar-refractivity contribution in [3.8, 4) is 0 Å². The van der Waals surface area contributed by atoms with Crippen LogP contribution < -0.4 is 0 Å². The number of Topliss-reactive ketones (excluding diaryl/α,β-unsaturated/α-hetero) is 1. The first-order chi connectivity index (χ1) is 15.6. The molecule has 202 valence electrons. The molecule has 1 saturated carbocycles. The third-order valence-corrected chi connectivity index (χ3v) is 11.7. The van der Waals surface area contributed by atoms with Gasteiger partial charge < -0.3 is 0 Å². The van der Waals surface area contributed by atoms with Crippen molar-refractivity contribution in [1.29, 1.82) is 0 Å². The lowest BCUT2D eigenvalue weighted by atomic mass is 10.0. The van der Waals surface area contributed by atoms with Gasteiger partial charge in [-0.15, -0.1) is 0 Å². The Morgan fingerprint density at radius 3 is 1.41 bits per heavy atom. The highest BCUT2D eigenvalue weighted by molar-refractivity contribution is 8.11. The third-order valence-electron chi connectivity index (χ3n) is 6.30. The smallest absolute Gasteiger partial charge is 0.300 e. The van der Waals surface area contributed by atoms with Gasteiger partial charge in [0.25, 0.3) is 19.7 Å². The molecule has 0 aromatic heterocycles. The molecule has 1 rings (SSSR count). The van der Waals surface area contributed by atoms with E-state index in [1.54, 1.807) is 0 Å². The molecule has 0 aromatic carbocycles. The molecule has 34 heavy (non-hydrogen) atoms. The van der Waals surface area contributed by atoms with E-state index in [1.807, 2.05) is 0 Å². The summed E-state index contributed by atoms with van der Waals surface area (Å²) in [5.74, 6) is -2.82. The molecule has 1 unspecified atom stereocenters. The molecular weight excluding hydrogens is 510 g/mol. The molecule has 0 radical (unpaired) electrons. The van der Waals surface area contributed by atoms with Crippen molar-refractivity contribution in [2.75, 3.05) is 0 Å². The Kier molecular flexibility index (Phi) is 11.4. The minimum absolute atomic E-state index is 0.151. The molecule has 0 amide bonds. The predicted octanol–water partition coefficient (Wildman–Crippen LogP) is 6.62. The van der Waals surface area contributed by atoms with Crippen LogP contribution in [0.4, 0.5) is 26.3 Å². The lowest BCUT2D eigenvalue weighted by Crippen LogP contribution is -2.48. The second-order valence-electron chi connectivity index (χ2n) is 8.99. The van der Waals surface area contributed by atoms with Crippen molar-refractivity contribution < 1.29 is 48.0 Å². The zero-order chi connectivity index (χ0) is 26.3. The molecule has 0 bridgehead atoms. The topological polar surface area (TPSA) is 85.3 Å². The van der Waals surface area contributed by atoms with Crippen LogP contribution in [0.1, 0.15) is 103 Å². The summed E-state index contributed by atoms with van der Waals surface area (Å²) in [6.07, 6.45) is 9.68. The number of carbonyl (C=O) groups is 1. The lowest BCUT2D eigenvalue weighted by Gasteiger charge is -2.21. The van der Waals surface area contributed by atoms with Crippen molar-refractivity contribution in [1.82, 2.24) is 0 Å². The number of carbonyl (C=O) groups excluding carboxylic acids is 1. The van der Waals surface area contributed by atoms with Crippen molar-refractivity contribution >= 4 is 25.5 Å². The van der Waals surface area contributed by atoms with Gasteiger partial charge in [0, 0.05) is 18.8 Å². The van der Waals surface area contributed by atoms with Crippen molar-refractivity contribution in [3.63, 3.8) is 0 Å². The van der Waals surface area contributed by atoms with E-state index in [-0.39, 0.29) is 6.42 Å². The summed E-state index contributed by atoms with van der Waals surface area (Å²) in [5.41, 5.74) is -12.4. The SMILES string of the molecule is CCCCCCCCCCCCCCC(=O)CC1CC1(S(=O)(=O)C(F)(F)F)S(=O)(=O)C(F)(F)F. The molecule has 0 saturated heterocycles. The van der Waals surface area contributed by atoms with Crippen LogP contribution in [-0.2, 0) is 24.5 Å². The first-order valence-electron chi connectivity index (χ1n) is 11.7. The van der Waals surface area contributed by atoms with Gasteiger partial charge >= 0.3 is 11.0 Å². The van der Waals surface area contributed by atoms with Gasteiger partial charge in [-0.3, -0.25) is 4.79 Å². The van der Waals surface area contributed by atoms with Gasteiger partial charge in [-0.1, -0.05) is 77.6 Å². The number of rotatable bonds is 17. The summed E-state index contributed by atoms with van der Waals surface area (Å²) in [5, 5.41) is 0. The molecule has 5 nitrogen and oxygen atoms in total. The van der Waals surface area contributed by atoms with Crippen LogP contribution in [0, 0.1) is 5.92 Å². The summed E-state index contributed by atoms with van der Waals surface area (Å²) in [7, 11) is -13.4. The van der Waals surface area contributed by atoms with Crippen molar-refractivity contribution in [2.45, 2.75) is 118 Å². The average Bonchev–Trinajstić information content (AvgIpc) is 3.43. The highest BCUT2D eigenvalue weighted by Crippen LogP contribution is 2.62. The second-order valence-corrected chi connectivity index (χ2v) is 13.6. The maximum Gasteiger partial charge on any atom is 0.498 e. The number of sulfone groups is 2. The minimum Gasteiger partial charge on any atom is -0.300 e. The van der Waals surface area contributed by atoms with Gasteiger partial charge in [0.2, 0.25) is 0 Å². The van der Waals surface area contributed by atoms with E-state index >= 15 is 0 Å². The maximum atomic E-state index is 13.0. The minimum atomic E-state index is -6.71. The monoisotopic (exact) mass is 544 g/mol. The number of hydrogen-bond donors (Lipinski definition) is 0. The van der Waals surface area contributed by atoms with Gasteiger partial charge in [-0.2, -0.15) is 26.3 Å². The van der Waals surface area contributed by atoms with E-state index in [0.717, 1.165) is 32.1 Å². The van der Waals surface area contributed by atoms with Crippen LogP contribution in [-0.4, -0.2) is 37.7 Å². The molecule has 0 aliphatic heterocycles. The third kappa shape index (κ3) is 7.33. The molecule has 0 aromatic rings. The first-order valence-corrected chi connectivity index (χ1v) is 14.7. The summed E-state index contributed by atoms with van der Waals surface area (Å²) in [4.78, 5) is 12.1. The number of hydrogen-bond acceptors (Lipinski definition) is 5. The van der Waals surface area contributed by atoms with Crippen LogP contribution in [0.5, 0.6) is 0 Å². The van der Waals surface area contributed by atoms with Gasteiger partial charge in [0.1, 0.15) is 5.78 Å². The molecule has 13 heteroatoms. The molecule has 1 fully saturated rings. The maximum absolute atomic E-state index is 13.0. The predicted molar refractivity (Wildman–Crippen MR) is 116 cm³/mol. The largest absolute Gasteiger partial charge is 0.498 e. The summed E-state index contributed by atoms with van der Waals surface area (Å²) in [6, 6.07) is 0. The zero-order valence-electron chi connectivity index (χ0n) is 19.3. The molecule has 0 heterocycles. The fourth-order valence-electron chi connectivity index (χ4n) is 4.25. The van der Waals surface area contributed by atoms with E-state index in [0.29, 0.717) is 12.8 Å². The van der Waals surface area contributed by atoms with Crippen LogP contribution in [0.2, 0.25) is 0 Å². The number of ketones is 1. The van der Waals surface area contributed by atoms with E-state index in [4.69, 9.17) is 0 Å². The normalized spacial score (nSPS) is 18.7. The van der Waals surface area contributed by atoms with Gasteiger partial charge in [-0.05, 0) is 12.8 Å². The van der Waals surface area contributed by atoms with Crippen LogP contribution in [0.15, 0.2) is 0 Å². The standard InChI is InChI=1S/C21H34F6O5S2/c1-2-3-4-5-6-7-8-9-10-11-12-13-14-18(28)15-17-16-19(17,33(29,30)20(22,23)24)34(31,32)21(25,26)27/h17H,2-16H2,1H3. The molecule has 1 atom stereocenters. The zero-order valence-corrected chi connectivity index (χ0v) is 20.9. The summed E-state index contributed by atoms with van der Waals surface area (Å²) >= 11 is 0. The van der Waals surface area contributed by atoms with Gasteiger partial charge in [0.15, 0.2) is 4.08 Å². The van der Waals surface area contributed by atoms with Crippen molar-refractivity contribution in [2.24, 2.45) is 5.92 Å². The number of halogens is 6. The lowest BCUT2D eigenvalue weighted by molar-refractivity contribution is -0.119. The number of alkyl halides is 6. The molecule has 0 spiro atoms. The Hall–Kier alpha value is -0.850. The quantitative estimate of drug-likeness (QED) is 0.152. The second kappa shape index (κ2) is 12.4. The molecular formula is C21H34F6O5S2. The Labute approximate surface area is 197 Å². The van der Waals surface area contributed by atoms with Crippen LogP contribution in [0.25, 0.3) is 0 Å². The highest BCUT2D eigenvalue weighted by Gasteiger charge is 2.83. The summed E-state index contributed by atoms with van der Waals surface area (Å²) < 4.78 is 121. The Bertz CT molecular complexity index is 819. The Morgan fingerprint density at radius 2 is 1.06 bits per heavy atom. The fourth-order valence-corrected chi connectivity index (χ4v) is 8.64. The Morgan fingerprint density at radius 1 is 0.706 bits per heavy atom. The number of unbranched alkanes of at least 4 members (excludes halogenated alkanes) is 11. The average molecular weight is 545 g/mol. The van der Waals surface area contributed by atoms with Crippen LogP contribution in [0.3, 0.4) is 0 Å². The molecule has 0 N–H and O–H groups in total. The molecule has 1 aliphatic carbocycles. The first kappa shape index (κ1) is 31.2. The van der Waals surface area contributed by atoms with Crippen molar-refractivity contribution in [3.05, 3.63) is 0 Å². The highest BCUT2D eigenvalue weighted by atomic mass is 32.3. The van der Waals surface area contributed by atoms with Gasteiger partial charge in [0.05, 0.1) is 0 Å².